The van der Waals surface area contributed by atoms with Gasteiger partial charge >= 0.3 is 5.69 Å². The van der Waals surface area contributed by atoms with Crippen LogP contribution in [0.5, 0.6) is 0 Å². The molecule has 0 fully saturated rings. The van der Waals surface area contributed by atoms with Gasteiger partial charge in [-0.25, -0.2) is 9.79 Å². The number of para-hydroxylation sites is 2. The van der Waals surface area contributed by atoms with Gasteiger partial charge in [-0.05, 0) is 18.6 Å². The Morgan fingerprint density at radius 2 is 2.14 bits per heavy atom. The summed E-state index contributed by atoms with van der Waals surface area (Å²) in [5, 5.41) is 3.14. The van der Waals surface area contributed by atoms with Gasteiger partial charge in [0.2, 0.25) is 0 Å². The zero-order valence-electron chi connectivity index (χ0n) is 11.8. The molecule has 2 heterocycles. The summed E-state index contributed by atoms with van der Waals surface area (Å²) in [5.74, 6) is 0.819. The number of anilines is 2. The number of hydrogen-bond acceptors (Lipinski definition) is 5. The highest BCUT2D eigenvalue weighted by atomic mass is 16.1. The van der Waals surface area contributed by atoms with Crippen LogP contribution in [0.1, 0.15) is 25.3 Å². The molecule has 21 heavy (non-hydrogen) atoms. The Hall–Kier alpha value is -2.63. The molecule has 0 unspecified atom stereocenters. The van der Waals surface area contributed by atoms with Crippen LogP contribution in [0.3, 0.4) is 0 Å². The molecule has 0 radical (unpaired) electrons. The van der Waals surface area contributed by atoms with E-state index in [-0.39, 0.29) is 5.69 Å². The van der Waals surface area contributed by atoms with Crippen LogP contribution in [0, 0.1) is 0 Å². The van der Waals surface area contributed by atoms with Gasteiger partial charge in [-0.1, -0.05) is 25.5 Å². The molecule has 0 bridgehead atoms. The third kappa shape index (κ3) is 2.52. The Balaban J connectivity index is 2.11. The largest absolute Gasteiger partial charge is 0.383 e. The van der Waals surface area contributed by atoms with E-state index in [2.05, 4.69) is 22.2 Å². The molecule has 2 aromatic rings. The number of hydrogen-bond donors (Lipinski definition) is 2. The van der Waals surface area contributed by atoms with Gasteiger partial charge < -0.3 is 11.1 Å². The second kappa shape index (κ2) is 5.40. The Morgan fingerprint density at radius 1 is 1.33 bits per heavy atom. The SMILES string of the molecule is CCCCn1cc2c(nc1=O)Nc1ccccc1N=C2N. The Labute approximate surface area is 122 Å². The minimum atomic E-state index is -0.276. The molecule has 108 valence electrons. The van der Waals surface area contributed by atoms with Gasteiger partial charge in [0.05, 0.1) is 16.9 Å². The molecule has 1 aliphatic heterocycles. The molecule has 3 N–H and O–H groups in total. The molecule has 6 nitrogen and oxygen atoms in total. The van der Waals surface area contributed by atoms with Gasteiger partial charge in [-0.15, -0.1) is 0 Å². The van der Waals surface area contributed by atoms with Crippen molar-refractivity contribution < 1.29 is 0 Å². The van der Waals surface area contributed by atoms with Gasteiger partial charge in [0.15, 0.2) is 0 Å². The fourth-order valence-electron chi connectivity index (χ4n) is 2.26. The van der Waals surface area contributed by atoms with Gasteiger partial charge in [0.1, 0.15) is 11.7 Å². The Morgan fingerprint density at radius 3 is 2.95 bits per heavy atom. The van der Waals surface area contributed by atoms with Crippen LogP contribution in [0.25, 0.3) is 0 Å². The maximum Gasteiger partial charge on any atom is 0.349 e. The number of aryl methyl sites for hydroxylation is 1. The van der Waals surface area contributed by atoms with Crippen LogP contribution < -0.4 is 16.7 Å². The van der Waals surface area contributed by atoms with Crippen molar-refractivity contribution >= 4 is 23.0 Å². The normalized spacial score (nSPS) is 12.7. The van der Waals surface area contributed by atoms with Gasteiger partial charge in [0, 0.05) is 12.7 Å². The summed E-state index contributed by atoms with van der Waals surface area (Å²) in [6, 6.07) is 7.53. The zero-order chi connectivity index (χ0) is 14.8. The van der Waals surface area contributed by atoms with Crippen molar-refractivity contribution in [2.45, 2.75) is 26.3 Å². The lowest BCUT2D eigenvalue weighted by Crippen LogP contribution is -2.27. The standard InChI is InChI=1S/C15H17N5O/c1-2-3-8-20-9-10-13(16)17-11-6-4-5-7-12(11)18-14(10)19-15(20)21/h4-7,9H,2-3,8H2,1H3,(H2,16,17)(H,18,19,21). The summed E-state index contributed by atoms with van der Waals surface area (Å²) in [5.41, 5.74) is 7.97. The van der Waals surface area contributed by atoms with Gasteiger partial charge in [-0.3, -0.25) is 4.57 Å². The molecule has 0 aliphatic carbocycles. The van der Waals surface area contributed by atoms with E-state index in [1.54, 1.807) is 10.8 Å². The number of nitrogens with zero attached hydrogens (tertiary/aromatic N) is 3. The summed E-state index contributed by atoms with van der Waals surface area (Å²) in [7, 11) is 0. The van der Waals surface area contributed by atoms with Crippen molar-refractivity contribution in [3.63, 3.8) is 0 Å². The summed E-state index contributed by atoms with van der Waals surface area (Å²) in [6.07, 6.45) is 3.67. The number of amidine groups is 1. The second-order valence-corrected chi connectivity index (χ2v) is 4.97. The first-order chi connectivity index (χ1) is 10.2. The molecule has 1 aliphatic rings. The Bertz CT molecular complexity index is 763. The summed E-state index contributed by atoms with van der Waals surface area (Å²) in [6.45, 7) is 2.71. The fraction of sp³-hybridized carbons (Fsp3) is 0.267. The number of nitrogens with one attached hydrogen (secondary N) is 1. The number of rotatable bonds is 3. The predicted molar refractivity (Wildman–Crippen MR) is 83.5 cm³/mol. The van der Waals surface area contributed by atoms with Crippen molar-refractivity contribution in [2.75, 3.05) is 5.32 Å². The van der Waals surface area contributed by atoms with Crippen LogP contribution in [0.15, 0.2) is 40.2 Å². The van der Waals surface area contributed by atoms with Crippen molar-refractivity contribution in [2.24, 2.45) is 10.7 Å². The van der Waals surface area contributed by atoms with Crippen molar-refractivity contribution in [3.8, 4) is 0 Å². The lowest BCUT2D eigenvalue weighted by molar-refractivity contribution is 0.599. The van der Waals surface area contributed by atoms with E-state index in [0.717, 1.165) is 24.2 Å². The molecule has 0 amide bonds. The van der Waals surface area contributed by atoms with E-state index in [1.807, 2.05) is 24.3 Å². The second-order valence-electron chi connectivity index (χ2n) is 4.97. The van der Waals surface area contributed by atoms with E-state index in [0.29, 0.717) is 23.8 Å². The highest BCUT2D eigenvalue weighted by Gasteiger charge is 2.17. The zero-order valence-corrected chi connectivity index (χ0v) is 11.8. The molecular weight excluding hydrogens is 266 g/mol. The smallest absolute Gasteiger partial charge is 0.349 e. The topological polar surface area (TPSA) is 85.3 Å². The fourth-order valence-corrected chi connectivity index (χ4v) is 2.26. The molecule has 0 saturated heterocycles. The molecule has 1 aromatic carbocycles. The predicted octanol–water partition coefficient (Wildman–Crippen LogP) is 2.14. The highest BCUT2D eigenvalue weighted by molar-refractivity contribution is 6.05. The quantitative estimate of drug-likeness (QED) is 0.903. The minimum Gasteiger partial charge on any atom is -0.383 e. The molecule has 0 atom stereocenters. The molecule has 6 heteroatoms. The monoisotopic (exact) mass is 283 g/mol. The van der Waals surface area contributed by atoms with Crippen molar-refractivity contribution in [1.82, 2.24) is 9.55 Å². The highest BCUT2D eigenvalue weighted by Crippen LogP contribution is 2.31. The van der Waals surface area contributed by atoms with Gasteiger partial charge in [-0.2, -0.15) is 4.98 Å². The first-order valence-electron chi connectivity index (χ1n) is 7.01. The van der Waals surface area contributed by atoms with Crippen LogP contribution in [-0.2, 0) is 6.54 Å². The number of aromatic nitrogens is 2. The Kier molecular flexibility index (Phi) is 3.43. The summed E-state index contributed by atoms with van der Waals surface area (Å²) < 4.78 is 1.59. The maximum absolute atomic E-state index is 12.1. The first kappa shape index (κ1) is 13.4. The molecule has 0 spiro atoms. The molecular formula is C15H17N5O. The van der Waals surface area contributed by atoms with Gasteiger partial charge in [0.25, 0.3) is 0 Å². The van der Waals surface area contributed by atoms with E-state index < -0.39 is 0 Å². The minimum absolute atomic E-state index is 0.276. The van der Waals surface area contributed by atoms with Crippen molar-refractivity contribution in [3.05, 3.63) is 46.5 Å². The van der Waals surface area contributed by atoms with Crippen LogP contribution in [0.2, 0.25) is 0 Å². The van der Waals surface area contributed by atoms with E-state index >= 15 is 0 Å². The van der Waals surface area contributed by atoms with E-state index in [9.17, 15) is 4.79 Å². The van der Waals surface area contributed by atoms with Crippen LogP contribution in [-0.4, -0.2) is 15.4 Å². The van der Waals surface area contributed by atoms with E-state index in [1.165, 1.54) is 0 Å². The summed E-state index contributed by atoms with van der Waals surface area (Å²) >= 11 is 0. The van der Waals surface area contributed by atoms with Crippen LogP contribution >= 0.6 is 0 Å². The number of nitrogens with two attached hydrogens (primary N) is 1. The third-order valence-electron chi connectivity index (χ3n) is 3.42. The first-order valence-corrected chi connectivity index (χ1v) is 7.01. The average molecular weight is 283 g/mol. The number of fused-ring (bicyclic) bond motifs is 2. The average Bonchev–Trinajstić information content (AvgIpc) is 2.61. The molecule has 0 saturated carbocycles. The van der Waals surface area contributed by atoms with Crippen molar-refractivity contribution in [1.29, 1.82) is 0 Å². The summed E-state index contributed by atoms with van der Waals surface area (Å²) in [4.78, 5) is 20.6. The molecule has 1 aromatic heterocycles. The number of aliphatic imine (C=N–C) groups is 1. The molecule has 3 rings (SSSR count). The lowest BCUT2D eigenvalue weighted by atomic mass is 10.2. The lowest BCUT2D eigenvalue weighted by Gasteiger charge is -2.10. The van der Waals surface area contributed by atoms with E-state index in [4.69, 9.17) is 5.73 Å². The third-order valence-corrected chi connectivity index (χ3v) is 3.42. The number of benzene rings is 1. The number of unbranched alkanes of at least 4 members (excludes halogenated alkanes) is 1. The van der Waals surface area contributed by atoms with Crippen LogP contribution in [0.4, 0.5) is 17.2 Å². The maximum atomic E-state index is 12.1.